The zero-order chi connectivity index (χ0) is 26.1. The predicted molar refractivity (Wildman–Crippen MR) is 144 cm³/mol. The standard InChI is InChI=1S/C25H25Cl2N7O3/c1-32-6-8-33(9-7-32)21(35)12-16-11-17(14-28-16)30-25-29-13-15-10-18(22-19(26)4-3-5-20(22)27)24(36)34(37-2)23(15)31-25/h3-5,10-11,13-14,28H,6-9,12H2,1-2H3,(H,29,30,31). The highest BCUT2D eigenvalue weighted by molar-refractivity contribution is 6.39. The lowest BCUT2D eigenvalue weighted by Crippen LogP contribution is -2.47. The number of piperazine rings is 1. The molecule has 1 amide bonds. The van der Waals surface area contributed by atoms with Crippen LogP contribution < -0.4 is 15.7 Å². The Balaban J connectivity index is 1.39. The Morgan fingerprint density at radius 1 is 1.16 bits per heavy atom. The second kappa shape index (κ2) is 10.4. The smallest absolute Gasteiger partial charge is 0.293 e. The van der Waals surface area contributed by atoms with E-state index < -0.39 is 5.56 Å². The fourth-order valence-electron chi connectivity index (χ4n) is 4.31. The van der Waals surface area contributed by atoms with Gasteiger partial charge in [0.2, 0.25) is 11.9 Å². The molecule has 1 aliphatic rings. The minimum atomic E-state index is -0.457. The summed E-state index contributed by atoms with van der Waals surface area (Å²) in [6, 6.07) is 8.52. The highest BCUT2D eigenvalue weighted by atomic mass is 35.5. The van der Waals surface area contributed by atoms with E-state index in [1.54, 1.807) is 36.7 Å². The maximum atomic E-state index is 13.2. The third-order valence-electron chi connectivity index (χ3n) is 6.31. The fourth-order valence-corrected chi connectivity index (χ4v) is 4.91. The maximum Gasteiger partial charge on any atom is 0.293 e. The lowest BCUT2D eigenvalue weighted by molar-refractivity contribution is -0.132. The molecule has 2 N–H and O–H groups in total. The van der Waals surface area contributed by atoms with Crippen molar-refractivity contribution in [3.05, 3.63) is 68.8 Å². The van der Waals surface area contributed by atoms with Crippen molar-refractivity contribution in [2.75, 3.05) is 45.7 Å². The van der Waals surface area contributed by atoms with E-state index in [1.165, 1.54) is 7.11 Å². The number of carbonyl (C=O) groups is 1. The Kier molecular flexibility index (Phi) is 7.05. The number of nitrogens with one attached hydrogen (secondary N) is 2. The molecule has 12 heteroatoms. The van der Waals surface area contributed by atoms with E-state index in [9.17, 15) is 9.59 Å². The first kappa shape index (κ1) is 25.1. The van der Waals surface area contributed by atoms with Crippen LogP contribution in [0.4, 0.5) is 11.6 Å². The molecule has 0 aliphatic carbocycles. The number of fused-ring (bicyclic) bond motifs is 1. The van der Waals surface area contributed by atoms with Gasteiger partial charge in [-0.1, -0.05) is 29.3 Å². The highest BCUT2D eigenvalue weighted by Gasteiger charge is 2.20. The number of pyridine rings is 1. The number of benzene rings is 1. The number of H-pyrrole nitrogens is 1. The number of nitrogens with zero attached hydrogens (tertiary/aromatic N) is 5. The molecule has 0 radical (unpaired) electrons. The van der Waals surface area contributed by atoms with Crippen molar-refractivity contribution in [2.45, 2.75) is 6.42 Å². The van der Waals surface area contributed by atoms with E-state index >= 15 is 0 Å². The summed E-state index contributed by atoms with van der Waals surface area (Å²) in [5.41, 5.74) is 1.97. The Morgan fingerprint density at radius 2 is 1.89 bits per heavy atom. The molecule has 0 atom stereocenters. The Hall–Kier alpha value is -3.60. The van der Waals surface area contributed by atoms with E-state index in [0.29, 0.717) is 26.7 Å². The van der Waals surface area contributed by atoms with Crippen LogP contribution in [0.1, 0.15) is 5.69 Å². The van der Waals surface area contributed by atoms with Gasteiger partial charge in [0.1, 0.15) is 7.11 Å². The summed E-state index contributed by atoms with van der Waals surface area (Å²) in [4.78, 5) is 47.3. The largest absolute Gasteiger partial charge is 0.412 e. The molecule has 4 heterocycles. The number of likely N-dealkylation sites (N-methyl/N-ethyl adjacent to an activating group) is 1. The number of rotatable bonds is 6. The molecule has 1 aliphatic heterocycles. The van der Waals surface area contributed by atoms with Gasteiger partial charge in [0, 0.05) is 55.2 Å². The van der Waals surface area contributed by atoms with E-state index in [2.05, 4.69) is 32.2 Å². The molecule has 0 spiro atoms. The predicted octanol–water partition coefficient (Wildman–Crippen LogP) is 3.21. The molecule has 0 unspecified atom stereocenters. The quantitative estimate of drug-likeness (QED) is 0.385. The Labute approximate surface area is 222 Å². The van der Waals surface area contributed by atoms with Gasteiger partial charge >= 0.3 is 0 Å². The first-order valence-corrected chi connectivity index (χ1v) is 12.4. The van der Waals surface area contributed by atoms with Crippen LogP contribution in [0, 0.1) is 0 Å². The van der Waals surface area contributed by atoms with Gasteiger partial charge in [0.25, 0.3) is 5.56 Å². The molecule has 0 saturated carbocycles. The summed E-state index contributed by atoms with van der Waals surface area (Å²) in [5, 5.41) is 4.37. The lowest BCUT2D eigenvalue weighted by atomic mass is 10.1. The molecule has 4 aromatic rings. The van der Waals surface area contributed by atoms with Gasteiger partial charge < -0.3 is 24.9 Å². The number of amides is 1. The topological polar surface area (TPSA) is 108 Å². The molecular weight excluding hydrogens is 517 g/mol. The van der Waals surface area contributed by atoms with E-state index in [-0.39, 0.29) is 29.5 Å². The van der Waals surface area contributed by atoms with Gasteiger partial charge in [-0.25, -0.2) is 4.98 Å². The highest BCUT2D eigenvalue weighted by Crippen LogP contribution is 2.33. The molecule has 10 nitrogen and oxygen atoms in total. The van der Waals surface area contributed by atoms with Crippen LogP contribution in [0.15, 0.2) is 47.5 Å². The summed E-state index contributed by atoms with van der Waals surface area (Å²) in [6.45, 7) is 3.22. The Morgan fingerprint density at radius 3 is 2.59 bits per heavy atom. The number of hydrogen-bond donors (Lipinski definition) is 2. The molecule has 5 rings (SSSR count). The second-order valence-corrected chi connectivity index (χ2v) is 9.62. The molecule has 1 aromatic carbocycles. The van der Waals surface area contributed by atoms with Gasteiger partial charge in [-0.2, -0.15) is 4.98 Å². The molecule has 1 fully saturated rings. The first-order valence-electron chi connectivity index (χ1n) is 11.7. The molecule has 1 saturated heterocycles. The molecule has 37 heavy (non-hydrogen) atoms. The number of hydrogen-bond acceptors (Lipinski definition) is 7. The average Bonchev–Trinajstić information content (AvgIpc) is 3.31. The van der Waals surface area contributed by atoms with Gasteiger partial charge in [-0.3, -0.25) is 9.59 Å². The van der Waals surface area contributed by atoms with Crippen molar-refractivity contribution < 1.29 is 9.63 Å². The number of aromatic nitrogens is 4. The second-order valence-electron chi connectivity index (χ2n) is 8.81. The number of carbonyl (C=O) groups excluding carboxylic acids is 1. The van der Waals surface area contributed by atoms with Crippen LogP contribution in [0.2, 0.25) is 10.0 Å². The van der Waals surface area contributed by atoms with Gasteiger partial charge in [0.05, 0.1) is 27.7 Å². The first-order chi connectivity index (χ1) is 17.8. The van der Waals surface area contributed by atoms with Crippen LogP contribution >= 0.6 is 23.2 Å². The summed E-state index contributed by atoms with van der Waals surface area (Å²) in [5.74, 6) is 0.346. The number of aromatic amines is 1. The lowest BCUT2D eigenvalue weighted by Gasteiger charge is -2.32. The Bertz CT molecular complexity index is 1510. The van der Waals surface area contributed by atoms with Crippen LogP contribution in [0.25, 0.3) is 22.2 Å². The summed E-state index contributed by atoms with van der Waals surface area (Å²) >= 11 is 12.7. The average molecular weight is 542 g/mol. The summed E-state index contributed by atoms with van der Waals surface area (Å²) < 4.78 is 1.08. The minimum absolute atomic E-state index is 0.0852. The fraction of sp³-hybridized carbons (Fsp3) is 0.280. The van der Waals surface area contributed by atoms with Crippen LogP contribution in [0.3, 0.4) is 0 Å². The third-order valence-corrected chi connectivity index (χ3v) is 6.94. The summed E-state index contributed by atoms with van der Waals surface area (Å²) in [6.07, 6.45) is 3.60. The van der Waals surface area contributed by atoms with E-state index in [4.69, 9.17) is 28.0 Å². The van der Waals surface area contributed by atoms with Crippen LogP contribution in [-0.4, -0.2) is 75.7 Å². The maximum absolute atomic E-state index is 13.2. The van der Waals surface area contributed by atoms with Crippen molar-refractivity contribution in [3.63, 3.8) is 0 Å². The van der Waals surface area contributed by atoms with E-state index in [0.717, 1.165) is 36.6 Å². The van der Waals surface area contributed by atoms with Gasteiger partial charge in [0.15, 0.2) is 5.65 Å². The zero-order valence-electron chi connectivity index (χ0n) is 20.3. The zero-order valence-corrected chi connectivity index (χ0v) is 21.8. The number of halogens is 2. The monoisotopic (exact) mass is 541 g/mol. The molecule has 192 valence electrons. The van der Waals surface area contributed by atoms with Crippen molar-refractivity contribution in [3.8, 4) is 11.1 Å². The van der Waals surface area contributed by atoms with Crippen LogP contribution in [0.5, 0.6) is 0 Å². The van der Waals surface area contributed by atoms with Gasteiger partial charge in [-0.15, -0.1) is 4.73 Å². The molecule has 0 bridgehead atoms. The van der Waals surface area contributed by atoms with Crippen molar-refractivity contribution in [1.29, 1.82) is 0 Å². The minimum Gasteiger partial charge on any atom is -0.412 e. The number of anilines is 2. The van der Waals surface area contributed by atoms with Crippen LogP contribution in [-0.2, 0) is 11.2 Å². The van der Waals surface area contributed by atoms with E-state index in [1.807, 2.05) is 11.0 Å². The molecule has 3 aromatic heterocycles. The van der Waals surface area contributed by atoms with Crippen molar-refractivity contribution in [2.24, 2.45) is 0 Å². The molecular formula is C25H25Cl2N7O3. The third kappa shape index (κ3) is 5.13. The van der Waals surface area contributed by atoms with Crippen molar-refractivity contribution in [1.82, 2.24) is 29.5 Å². The normalized spacial score (nSPS) is 14.2. The summed E-state index contributed by atoms with van der Waals surface area (Å²) in [7, 11) is 3.43. The van der Waals surface area contributed by atoms with Crippen molar-refractivity contribution >= 4 is 51.8 Å². The van der Waals surface area contributed by atoms with Gasteiger partial charge in [-0.05, 0) is 31.3 Å². The SMILES string of the molecule is COn1c(=O)c(-c2c(Cl)cccc2Cl)cc2cnc(Nc3c[nH]c(CC(=O)N4CCN(C)CC4)c3)nc21.